The van der Waals surface area contributed by atoms with Crippen molar-refractivity contribution in [2.45, 2.75) is 25.5 Å². The van der Waals surface area contributed by atoms with Gasteiger partial charge in [-0.25, -0.2) is 14.8 Å². The number of ether oxygens (including phenoxy) is 4. The first-order valence-electron chi connectivity index (χ1n) is 9.40. The van der Waals surface area contributed by atoms with Gasteiger partial charge in [0.05, 0.1) is 27.9 Å². The summed E-state index contributed by atoms with van der Waals surface area (Å²) in [6.45, 7) is 1.53. The molecule has 1 fully saturated rings. The van der Waals surface area contributed by atoms with Crippen LogP contribution in [0.3, 0.4) is 0 Å². The van der Waals surface area contributed by atoms with E-state index in [1.54, 1.807) is 31.5 Å². The number of carbonyl (C=O) groups excluding carboxylic acids is 1. The van der Waals surface area contributed by atoms with Gasteiger partial charge in [-0.3, -0.25) is 0 Å². The minimum Gasteiger partial charge on any atom is -0.493 e. The number of likely N-dealkylation sites (tertiary alicyclic amines) is 1. The van der Waals surface area contributed by atoms with Crippen LogP contribution in [0.5, 0.6) is 23.3 Å². The number of rotatable bonds is 7. The molecule has 1 N–H and O–H groups in total. The molecule has 29 heavy (non-hydrogen) atoms. The lowest BCUT2D eigenvalue weighted by atomic mass is 10.1. The van der Waals surface area contributed by atoms with Crippen molar-refractivity contribution in [2.75, 3.05) is 34.4 Å². The second-order valence-corrected chi connectivity index (χ2v) is 6.55. The highest BCUT2D eigenvalue weighted by atomic mass is 16.5. The number of aromatic nitrogens is 2. The summed E-state index contributed by atoms with van der Waals surface area (Å²) in [6.07, 6.45) is 4.60. The van der Waals surface area contributed by atoms with Crippen molar-refractivity contribution in [2.24, 2.45) is 0 Å². The van der Waals surface area contributed by atoms with Crippen LogP contribution in [0, 0.1) is 0 Å². The molecule has 0 spiro atoms. The Balaban J connectivity index is 1.56. The average molecular weight is 402 g/mol. The summed E-state index contributed by atoms with van der Waals surface area (Å²) in [5.74, 6) is 1.96. The van der Waals surface area contributed by atoms with E-state index in [-0.39, 0.29) is 12.1 Å². The van der Waals surface area contributed by atoms with Gasteiger partial charge in [-0.1, -0.05) is 6.07 Å². The Bertz CT molecular complexity index is 832. The molecule has 0 saturated carbocycles. The zero-order valence-corrected chi connectivity index (χ0v) is 16.9. The number of carbonyl (C=O) groups is 1. The molecule has 1 aliphatic rings. The number of amides is 2. The maximum atomic E-state index is 12.6. The van der Waals surface area contributed by atoms with Crippen molar-refractivity contribution < 1.29 is 23.7 Å². The lowest BCUT2D eigenvalue weighted by molar-refractivity contribution is 0.0943. The van der Waals surface area contributed by atoms with Crippen LogP contribution in [0.15, 0.2) is 30.6 Å². The highest BCUT2D eigenvalue weighted by Gasteiger charge is 2.26. The number of nitrogens with one attached hydrogen (secondary N) is 1. The smallest absolute Gasteiger partial charge is 0.317 e. The van der Waals surface area contributed by atoms with Crippen molar-refractivity contribution in [3.05, 3.63) is 36.2 Å². The molecule has 0 aliphatic carbocycles. The maximum absolute atomic E-state index is 12.6. The molecule has 1 atom stereocenters. The first-order chi connectivity index (χ1) is 14.1. The molecule has 1 unspecified atom stereocenters. The number of methoxy groups -OCH3 is 3. The van der Waals surface area contributed by atoms with Gasteiger partial charge in [0.15, 0.2) is 11.5 Å². The van der Waals surface area contributed by atoms with Crippen molar-refractivity contribution >= 4 is 6.03 Å². The van der Waals surface area contributed by atoms with Crippen LogP contribution in [-0.4, -0.2) is 61.4 Å². The van der Waals surface area contributed by atoms with Crippen molar-refractivity contribution in [1.82, 2.24) is 20.2 Å². The number of nitrogens with zero attached hydrogens (tertiary/aromatic N) is 3. The van der Waals surface area contributed by atoms with E-state index in [4.69, 9.17) is 18.9 Å². The fraction of sp³-hybridized carbons (Fsp3) is 0.450. The number of piperidine rings is 1. The predicted molar refractivity (Wildman–Crippen MR) is 106 cm³/mol. The lowest BCUT2D eigenvalue weighted by Crippen LogP contribution is -2.48. The van der Waals surface area contributed by atoms with E-state index >= 15 is 0 Å². The zero-order chi connectivity index (χ0) is 20.6. The molecule has 2 aromatic rings. The molecular weight excluding hydrogens is 376 g/mol. The predicted octanol–water partition coefficient (Wildman–Crippen LogP) is 2.26. The van der Waals surface area contributed by atoms with Crippen LogP contribution in [0.4, 0.5) is 4.79 Å². The maximum Gasteiger partial charge on any atom is 0.317 e. The minimum absolute atomic E-state index is 0.140. The van der Waals surface area contributed by atoms with Gasteiger partial charge in [-0.2, -0.15) is 0 Å². The highest BCUT2D eigenvalue weighted by Crippen LogP contribution is 2.27. The van der Waals surface area contributed by atoms with E-state index in [9.17, 15) is 4.79 Å². The fourth-order valence-corrected chi connectivity index (χ4v) is 3.19. The summed E-state index contributed by atoms with van der Waals surface area (Å²) in [5, 5.41) is 2.95. The Kier molecular flexibility index (Phi) is 6.94. The highest BCUT2D eigenvalue weighted by molar-refractivity contribution is 5.74. The van der Waals surface area contributed by atoms with Gasteiger partial charge in [0.25, 0.3) is 11.8 Å². The van der Waals surface area contributed by atoms with E-state index in [2.05, 4.69) is 15.3 Å². The quantitative estimate of drug-likeness (QED) is 0.759. The molecule has 3 rings (SSSR count). The summed E-state index contributed by atoms with van der Waals surface area (Å²) >= 11 is 0. The van der Waals surface area contributed by atoms with E-state index in [1.165, 1.54) is 7.11 Å². The molecule has 2 heterocycles. The van der Waals surface area contributed by atoms with Crippen molar-refractivity contribution in [3.8, 4) is 23.3 Å². The molecule has 0 radical (unpaired) electrons. The van der Waals surface area contributed by atoms with Gasteiger partial charge in [0, 0.05) is 25.5 Å². The molecular formula is C20H26N4O5. The summed E-state index contributed by atoms with van der Waals surface area (Å²) in [7, 11) is 4.69. The van der Waals surface area contributed by atoms with E-state index in [0.29, 0.717) is 42.9 Å². The Morgan fingerprint density at radius 1 is 1.10 bits per heavy atom. The molecule has 156 valence electrons. The Labute approximate surface area is 169 Å². The largest absolute Gasteiger partial charge is 0.493 e. The summed E-state index contributed by atoms with van der Waals surface area (Å²) in [6, 6.07) is 5.42. The van der Waals surface area contributed by atoms with Gasteiger partial charge in [0.1, 0.15) is 6.10 Å². The Morgan fingerprint density at radius 3 is 2.59 bits per heavy atom. The standard InChI is InChI=1S/C20H26N4O5/c1-26-16-7-6-14(11-17(16)27-2)12-23-20(25)24-10-4-5-15(13-24)29-19-18(28-3)21-8-9-22-19/h6-9,11,15H,4-5,10,12-13H2,1-3H3,(H,23,25). The first kappa shape index (κ1) is 20.5. The first-order valence-corrected chi connectivity index (χ1v) is 9.40. The number of hydrogen-bond donors (Lipinski definition) is 1. The van der Waals surface area contributed by atoms with Crippen LogP contribution < -0.4 is 24.3 Å². The molecule has 1 saturated heterocycles. The average Bonchev–Trinajstić information content (AvgIpc) is 2.77. The second kappa shape index (κ2) is 9.81. The molecule has 1 aromatic carbocycles. The molecule has 0 bridgehead atoms. The number of urea groups is 1. The van der Waals surface area contributed by atoms with E-state index in [1.807, 2.05) is 18.2 Å². The second-order valence-electron chi connectivity index (χ2n) is 6.55. The zero-order valence-electron chi connectivity index (χ0n) is 16.9. The van der Waals surface area contributed by atoms with Gasteiger partial charge in [0.2, 0.25) is 0 Å². The molecule has 2 amide bonds. The van der Waals surface area contributed by atoms with E-state index < -0.39 is 0 Å². The molecule has 9 nitrogen and oxygen atoms in total. The van der Waals surface area contributed by atoms with Crippen LogP contribution in [0.2, 0.25) is 0 Å². The Hall–Kier alpha value is -3.23. The minimum atomic E-state index is -0.166. The van der Waals surface area contributed by atoms with Crippen molar-refractivity contribution in [3.63, 3.8) is 0 Å². The van der Waals surface area contributed by atoms with Crippen molar-refractivity contribution in [1.29, 1.82) is 0 Å². The van der Waals surface area contributed by atoms with Crippen LogP contribution in [0.25, 0.3) is 0 Å². The third-order valence-corrected chi connectivity index (χ3v) is 4.66. The monoisotopic (exact) mass is 402 g/mol. The van der Waals surface area contributed by atoms with Crippen LogP contribution in [-0.2, 0) is 6.54 Å². The Morgan fingerprint density at radius 2 is 1.86 bits per heavy atom. The molecule has 1 aromatic heterocycles. The van der Waals surface area contributed by atoms with Gasteiger partial charge < -0.3 is 29.2 Å². The summed E-state index contributed by atoms with van der Waals surface area (Å²) in [5.41, 5.74) is 0.921. The van der Waals surface area contributed by atoms with Gasteiger partial charge in [-0.15, -0.1) is 0 Å². The van der Waals surface area contributed by atoms with Crippen LogP contribution in [0.1, 0.15) is 18.4 Å². The summed E-state index contributed by atoms with van der Waals surface area (Å²) < 4.78 is 21.6. The van der Waals surface area contributed by atoms with Crippen LogP contribution >= 0.6 is 0 Å². The van der Waals surface area contributed by atoms with Gasteiger partial charge in [-0.05, 0) is 30.5 Å². The molecule has 9 heteroatoms. The van der Waals surface area contributed by atoms with Gasteiger partial charge >= 0.3 is 6.03 Å². The fourth-order valence-electron chi connectivity index (χ4n) is 3.19. The normalized spacial score (nSPS) is 16.1. The lowest BCUT2D eigenvalue weighted by Gasteiger charge is -2.32. The summed E-state index contributed by atoms with van der Waals surface area (Å²) in [4.78, 5) is 22.6. The van der Waals surface area contributed by atoms with E-state index in [0.717, 1.165) is 18.4 Å². The number of hydrogen-bond acceptors (Lipinski definition) is 7. The SMILES string of the molecule is COc1ccc(CNC(=O)N2CCCC(Oc3nccnc3OC)C2)cc1OC. The number of benzene rings is 1. The molecule has 1 aliphatic heterocycles. The third-order valence-electron chi connectivity index (χ3n) is 4.66. The third kappa shape index (κ3) is 5.18. The topological polar surface area (TPSA) is 95.0 Å².